The third-order valence-electron chi connectivity index (χ3n) is 3.32. The number of nitrogens with two attached hydrogens (primary N) is 1. The maximum Gasteiger partial charge on any atom is 0.256 e. The van der Waals surface area contributed by atoms with Gasteiger partial charge in [0.15, 0.2) is 0 Å². The van der Waals surface area contributed by atoms with E-state index in [1.54, 1.807) is 6.07 Å². The van der Waals surface area contributed by atoms with Gasteiger partial charge in [-0.25, -0.2) is 0 Å². The van der Waals surface area contributed by atoms with E-state index in [4.69, 9.17) is 33.7 Å². The molecule has 1 aliphatic heterocycles. The number of hydrogen-bond donors (Lipinski definition) is 1. The first-order valence-corrected chi connectivity index (χ1v) is 8.25. The molecule has 0 aliphatic carbocycles. The van der Waals surface area contributed by atoms with Crippen LogP contribution < -0.4 is 5.73 Å². The van der Waals surface area contributed by atoms with Crippen LogP contribution in [0.15, 0.2) is 6.07 Å². The molecule has 0 radical (unpaired) electrons. The summed E-state index contributed by atoms with van der Waals surface area (Å²) in [6.07, 6.45) is 2.81. The van der Waals surface area contributed by atoms with Crippen LogP contribution in [0.5, 0.6) is 0 Å². The zero-order valence-corrected chi connectivity index (χ0v) is 14.7. The fraction of sp³-hybridized carbons (Fsp3) is 0.615. The smallest absolute Gasteiger partial charge is 0.256 e. The summed E-state index contributed by atoms with van der Waals surface area (Å²) in [4.78, 5) is 14.1. The van der Waals surface area contributed by atoms with Gasteiger partial charge in [0.1, 0.15) is 4.34 Å². The summed E-state index contributed by atoms with van der Waals surface area (Å²) in [5.74, 6) is -0.0430. The van der Waals surface area contributed by atoms with Crippen molar-refractivity contribution in [2.24, 2.45) is 5.73 Å². The normalized spacial score (nSPS) is 15.9. The molecule has 0 bridgehead atoms. The summed E-state index contributed by atoms with van der Waals surface area (Å²) in [6, 6.07) is 1.64. The van der Waals surface area contributed by atoms with Crippen molar-refractivity contribution < 1.29 is 9.53 Å². The van der Waals surface area contributed by atoms with Crippen LogP contribution >= 0.6 is 46.9 Å². The summed E-state index contributed by atoms with van der Waals surface area (Å²) in [5.41, 5.74) is 5.94. The number of thiophene rings is 1. The molecule has 0 unspecified atom stereocenters. The van der Waals surface area contributed by atoms with Crippen LogP contribution in [0, 0.1) is 0 Å². The molecule has 8 heteroatoms. The molecule has 2 heterocycles. The fourth-order valence-electron chi connectivity index (χ4n) is 2.22. The Morgan fingerprint density at radius 3 is 2.62 bits per heavy atom. The highest BCUT2D eigenvalue weighted by Crippen LogP contribution is 2.32. The SMILES string of the molecule is Cl.NCCCOC1CCN(C(=O)c2cc(Cl)sc2Cl)CC1. The molecular formula is C13H19Cl3N2O2S. The third kappa shape index (κ3) is 5.27. The summed E-state index contributed by atoms with van der Waals surface area (Å²) >= 11 is 13.1. The van der Waals surface area contributed by atoms with Gasteiger partial charge in [-0.15, -0.1) is 23.7 Å². The predicted molar refractivity (Wildman–Crippen MR) is 90.1 cm³/mol. The number of ether oxygens (including phenoxy) is 1. The minimum atomic E-state index is -0.0430. The maximum atomic E-state index is 12.3. The molecule has 1 fully saturated rings. The lowest BCUT2D eigenvalue weighted by atomic mass is 10.1. The average Bonchev–Trinajstić information content (AvgIpc) is 2.78. The van der Waals surface area contributed by atoms with Crippen molar-refractivity contribution >= 4 is 52.9 Å². The monoisotopic (exact) mass is 372 g/mol. The van der Waals surface area contributed by atoms with E-state index in [0.29, 0.717) is 40.5 Å². The summed E-state index contributed by atoms with van der Waals surface area (Å²) in [5, 5.41) is 0. The average molecular weight is 374 g/mol. The first-order chi connectivity index (χ1) is 9.61. The lowest BCUT2D eigenvalue weighted by Crippen LogP contribution is -2.41. The molecular weight excluding hydrogens is 355 g/mol. The Labute approximate surface area is 144 Å². The fourth-order valence-corrected chi connectivity index (χ4v) is 3.66. The van der Waals surface area contributed by atoms with Gasteiger partial charge in [-0.05, 0) is 31.9 Å². The molecule has 1 saturated heterocycles. The quantitative estimate of drug-likeness (QED) is 0.804. The topological polar surface area (TPSA) is 55.6 Å². The van der Waals surface area contributed by atoms with Crippen LogP contribution in [0.3, 0.4) is 0 Å². The minimum absolute atomic E-state index is 0. The van der Waals surface area contributed by atoms with Crippen molar-refractivity contribution in [1.82, 2.24) is 4.90 Å². The predicted octanol–water partition coefficient (Wildman–Crippen LogP) is 3.45. The summed E-state index contributed by atoms with van der Waals surface area (Å²) in [7, 11) is 0. The standard InChI is InChI=1S/C13H18Cl2N2O2S.ClH/c14-11-8-10(12(15)20-11)13(18)17-5-2-9(3-6-17)19-7-1-4-16;/h8-9H,1-7,16H2;1H. The molecule has 2 rings (SSSR count). The van der Waals surface area contributed by atoms with Crippen LogP contribution in [-0.2, 0) is 4.74 Å². The van der Waals surface area contributed by atoms with E-state index >= 15 is 0 Å². The highest BCUT2D eigenvalue weighted by Gasteiger charge is 2.26. The van der Waals surface area contributed by atoms with Crippen molar-refractivity contribution in [3.63, 3.8) is 0 Å². The van der Waals surface area contributed by atoms with Gasteiger partial charge < -0.3 is 15.4 Å². The van der Waals surface area contributed by atoms with Crippen molar-refractivity contribution in [1.29, 1.82) is 0 Å². The molecule has 0 saturated carbocycles. The first kappa shape index (κ1) is 19.0. The van der Waals surface area contributed by atoms with E-state index in [9.17, 15) is 4.79 Å². The van der Waals surface area contributed by atoms with Crippen LogP contribution in [-0.4, -0.2) is 43.2 Å². The molecule has 1 aromatic rings. The van der Waals surface area contributed by atoms with E-state index in [1.165, 1.54) is 11.3 Å². The van der Waals surface area contributed by atoms with Crippen molar-refractivity contribution in [2.45, 2.75) is 25.4 Å². The summed E-state index contributed by atoms with van der Waals surface area (Å²) in [6.45, 7) is 2.72. The summed E-state index contributed by atoms with van der Waals surface area (Å²) < 4.78 is 6.72. The largest absolute Gasteiger partial charge is 0.378 e. The van der Waals surface area contributed by atoms with Crippen LogP contribution in [0.4, 0.5) is 0 Å². The van der Waals surface area contributed by atoms with Crippen LogP contribution in [0.2, 0.25) is 8.67 Å². The molecule has 0 atom stereocenters. The van der Waals surface area contributed by atoms with E-state index in [2.05, 4.69) is 0 Å². The Morgan fingerprint density at radius 1 is 1.43 bits per heavy atom. The van der Waals surface area contributed by atoms with E-state index in [0.717, 1.165) is 19.3 Å². The molecule has 0 spiro atoms. The van der Waals surface area contributed by atoms with Crippen molar-refractivity contribution in [3.8, 4) is 0 Å². The van der Waals surface area contributed by atoms with E-state index in [-0.39, 0.29) is 24.4 Å². The van der Waals surface area contributed by atoms with Gasteiger partial charge in [0.05, 0.1) is 16.0 Å². The molecule has 21 heavy (non-hydrogen) atoms. The first-order valence-electron chi connectivity index (χ1n) is 6.67. The number of hydrogen-bond acceptors (Lipinski definition) is 4. The lowest BCUT2D eigenvalue weighted by Gasteiger charge is -2.31. The van der Waals surface area contributed by atoms with Gasteiger partial charge >= 0.3 is 0 Å². The van der Waals surface area contributed by atoms with Gasteiger partial charge in [-0.3, -0.25) is 4.79 Å². The third-order valence-corrected chi connectivity index (χ3v) is 4.81. The molecule has 4 nitrogen and oxygen atoms in total. The van der Waals surface area contributed by atoms with E-state index < -0.39 is 0 Å². The number of carbonyl (C=O) groups is 1. The lowest BCUT2D eigenvalue weighted by molar-refractivity contribution is 0.00846. The second-order valence-corrected chi connectivity index (χ2v) is 7.03. The van der Waals surface area contributed by atoms with Crippen LogP contribution in [0.1, 0.15) is 29.6 Å². The van der Waals surface area contributed by atoms with Gasteiger partial charge in [-0.1, -0.05) is 23.2 Å². The minimum Gasteiger partial charge on any atom is -0.378 e. The Morgan fingerprint density at radius 2 is 2.10 bits per heavy atom. The highest BCUT2D eigenvalue weighted by atomic mass is 35.5. The number of likely N-dealkylation sites (tertiary alicyclic amines) is 1. The molecule has 0 aromatic carbocycles. The van der Waals surface area contributed by atoms with Crippen molar-refractivity contribution in [2.75, 3.05) is 26.2 Å². The molecule has 1 aliphatic rings. The molecule has 1 aromatic heterocycles. The number of nitrogens with zero attached hydrogens (tertiary/aromatic N) is 1. The van der Waals surface area contributed by atoms with Gasteiger partial charge in [0.2, 0.25) is 0 Å². The second-order valence-electron chi connectivity index (χ2n) is 4.74. The van der Waals surface area contributed by atoms with Crippen molar-refractivity contribution in [3.05, 3.63) is 20.3 Å². The zero-order valence-electron chi connectivity index (χ0n) is 11.5. The zero-order chi connectivity index (χ0) is 14.5. The van der Waals surface area contributed by atoms with Gasteiger partial charge in [0.25, 0.3) is 5.91 Å². The number of piperidine rings is 1. The molecule has 120 valence electrons. The molecule has 1 amide bonds. The number of halogens is 3. The second kappa shape index (κ2) is 9.18. The Hall–Kier alpha value is -0.0400. The van der Waals surface area contributed by atoms with Crippen LogP contribution in [0.25, 0.3) is 0 Å². The maximum absolute atomic E-state index is 12.3. The Bertz CT molecular complexity index is 462. The number of carbonyl (C=O) groups excluding carboxylic acids is 1. The Kier molecular flexibility index (Phi) is 8.31. The highest BCUT2D eigenvalue weighted by molar-refractivity contribution is 7.20. The Balaban J connectivity index is 0.00000220. The van der Waals surface area contributed by atoms with Gasteiger partial charge in [0, 0.05) is 19.7 Å². The van der Waals surface area contributed by atoms with Gasteiger partial charge in [-0.2, -0.15) is 0 Å². The molecule has 2 N–H and O–H groups in total. The van der Waals surface area contributed by atoms with E-state index in [1.807, 2.05) is 4.90 Å². The number of amides is 1. The number of rotatable bonds is 5.